The summed E-state index contributed by atoms with van der Waals surface area (Å²) in [6.45, 7) is 8.90. The lowest BCUT2D eigenvalue weighted by molar-refractivity contribution is 0.0791. The van der Waals surface area contributed by atoms with E-state index < -0.39 is 0 Å². The van der Waals surface area contributed by atoms with Gasteiger partial charge in [-0.05, 0) is 33.6 Å². The molecular formula is C13H23N3O2. The third-order valence-corrected chi connectivity index (χ3v) is 3.05. The fourth-order valence-corrected chi connectivity index (χ4v) is 2.02. The molecule has 0 spiro atoms. The summed E-state index contributed by atoms with van der Waals surface area (Å²) in [4.78, 5) is 0. The SMILES string of the molecule is CC(C)(C)NCCc1nnc(C2CCOCC2)o1. The van der Waals surface area contributed by atoms with Crippen LogP contribution in [-0.2, 0) is 11.2 Å². The van der Waals surface area contributed by atoms with Crippen LogP contribution in [0, 0.1) is 0 Å². The standard InChI is InChI=1S/C13H23N3O2/c1-13(2,3)14-7-4-11-15-16-12(18-11)10-5-8-17-9-6-10/h10,14H,4-9H2,1-3H3. The van der Waals surface area contributed by atoms with Crippen LogP contribution in [0.4, 0.5) is 0 Å². The fraction of sp³-hybridized carbons (Fsp3) is 0.846. The van der Waals surface area contributed by atoms with E-state index in [1.807, 2.05) is 0 Å². The second-order valence-corrected chi connectivity index (χ2v) is 5.85. The van der Waals surface area contributed by atoms with Crippen LogP contribution in [0.1, 0.15) is 51.3 Å². The van der Waals surface area contributed by atoms with E-state index in [0.717, 1.165) is 50.8 Å². The first-order valence-electron chi connectivity index (χ1n) is 6.70. The van der Waals surface area contributed by atoms with E-state index in [9.17, 15) is 0 Å². The number of ether oxygens (including phenoxy) is 1. The predicted octanol–water partition coefficient (Wildman–Crippen LogP) is 1.89. The Hall–Kier alpha value is -0.940. The Labute approximate surface area is 108 Å². The summed E-state index contributed by atoms with van der Waals surface area (Å²) in [5, 5.41) is 11.7. The summed E-state index contributed by atoms with van der Waals surface area (Å²) < 4.78 is 11.1. The van der Waals surface area contributed by atoms with Gasteiger partial charge in [-0.15, -0.1) is 10.2 Å². The van der Waals surface area contributed by atoms with Gasteiger partial charge in [0.2, 0.25) is 11.8 Å². The maximum atomic E-state index is 5.72. The molecule has 0 aliphatic carbocycles. The lowest BCUT2D eigenvalue weighted by Crippen LogP contribution is -2.37. The van der Waals surface area contributed by atoms with Gasteiger partial charge in [0.1, 0.15) is 0 Å². The molecule has 102 valence electrons. The van der Waals surface area contributed by atoms with E-state index in [-0.39, 0.29) is 5.54 Å². The van der Waals surface area contributed by atoms with Gasteiger partial charge in [-0.1, -0.05) is 0 Å². The van der Waals surface area contributed by atoms with Gasteiger partial charge in [0.25, 0.3) is 0 Å². The Bertz CT molecular complexity index is 365. The maximum Gasteiger partial charge on any atom is 0.219 e. The zero-order valence-corrected chi connectivity index (χ0v) is 11.5. The van der Waals surface area contributed by atoms with Crippen molar-refractivity contribution in [3.8, 4) is 0 Å². The van der Waals surface area contributed by atoms with Gasteiger partial charge in [0.15, 0.2) is 0 Å². The second-order valence-electron chi connectivity index (χ2n) is 5.85. The van der Waals surface area contributed by atoms with Gasteiger partial charge in [0, 0.05) is 37.6 Å². The van der Waals surface area contributed by atoms with Gasteiger partial charge in [-0.3, -0.25) is 0 Å². The van der Waals surface area contributed by atoms with Crippen LogP contribution in [0.5, 0.6) is 0 Å². The van der Waals surface area contributed by atoms with Crippen LogP contribution in [0.25, 0.3) is 0 Å². The first kappa shape index (κ1) is 13.5. The highest BCUT2D eigenvalue weighted by molar-refractivity contribution is 4.93. The Morgan fingerprint density at radius 1 is 1.22 bits per heavy atom. The van der Waals surface area contributed by atoms with Crippen molar-refractivity contribution in [2.24, 2.45) is 0 Å². The molecule has 2 heterocycles. The van der Waals surface area contributed by atoms with Crippen molar-refractivity contribution in [3.05, 3.63) is 11.8 Å². The number of aromatic nitrogens is 2. The van der Waals surface area contributed by atoms with E-state index in [1.165, 1.54) is 0 Å². The molecule has 1 aromatic rings. The zero-order chi connectivity index (χ0) is 13.0. The smallest absolute Gasteiger partial charge is 0.219 e. The molecule has 1 saturated heterocycles. The van der Waals surface area contributed by atoms with E-state index >= 15 is 0 Å². The molecule has 5 nitrogen and oxygen atoms in total. The largest absolute Gasteiger partial charge is 0.425 e. The van der Waals surface area contributed by atoms with Crippen LogP contribution < -0.4 is 5.32 Å². The predicted molar refractivity (Wildman–Crippen MR) is 68.6 cm³/mol. The highest BCUT2D eigenvalue weighted by atomic mass is 16.5. The molecule has 0 saturated carbocycles. The molecular weight excluding hydrogens is 230 g/mol. The van der Waals surface area contributed by atoms with Crippen LogP contribution >= 0.6 is 0 Å². The minimum Gasteiger partial charge on any atom is -0.425 e. The molecule has 0 radical (unpaired) electrons. The molecule has 18 heavy (non-hydrogen) atoms. The molecule has 0 amide bonds. The van der Waals surface area contributed by atoms with Crippen molar-refractivity contribution in [1.82, 2.24) is 15.5 Å². The van der Waals surface area contributed by atoms with Crippen molar-refractivity contribution >= 4 is 0 Å². The van der Waals surface area contributed by atoms with Gasteiger partial charge in [-0.2, -0.15) is 0 Å². The van der Waals surface area contributed by atoms with Crippen molar-refractivity contribution in [2.75, 3.05) is 19.8 Å². The van der Waals surface area contributed by atoms with E-state index in [2.05, 4.69) is 36.3 Å². The average Bonchev–Trinajstić information content (AvgIpc) is 2.77. The van der Waals surface area contributed by atoms with Crippen molar-refractivity contribution in [1.29, 1.82) is 0 Å². The number of nitrogens with one attached hydrogen (secondary N) is 1. The van der Waals surface area contributed by atoms with Crippen molar-refractivity contribution < 1.29 is 9.15 Å². The quantitative estimate of drug-likeness (QED) is 0.888. The topological polar surface area (TPSA) is 60.2 Å². The molecule has 2 rings (SSSR count). The van der Waals surface area contributed by atoms with Gasteiger partial charge in [-0.25, -0.2) is 0 Å². The second kappa shape index (κ2) is 5.80. The van der Waals surface area contributed by atoms with E-state index in [1.54, 1.807) is 0 Å². The zero-order valence-electron chi connectivity index (χ0n) is 11.5. The molecule has 5 heteroatoms. The minimum absolute atomic E-state index is 0.129. The van der Waals surface area contributed by atoms with E-state index in [0.29, 0.717) is 5.92 Å². The molecule has 1 aromatic heterocycles. The third kappa shape index (κ3) is 4.07. The molecule has 0 bridgehead atoms. The summed E-state index contributed by atoms with van der Waals surface area (Å²) in [7, 11) is 0. The first-order chi connectivity index (χ1) is 8.54. The third-order valence-electron chi connectivity index (χ3n) is 3.05. The Morgan fingerprint density at radius 3 is 2.61 bits per heavy atom. The monoisotopic (exact) mass is 253 g/mol. The Morgan fingerprint density at radius 2 is 1.94 bits per heavy atom. The number of hydrogen-bond acceptors (Lipinski definition) is 5. The Balaban J connectivity index is 1.82. The molecule has 1 N–H and O–H groups in total. The van der Waals surface area contributed by atoms with Crippen LogP contribution in [0.15, 0.2) is 4.42 Å². The summed E-state index contributed by atoms with van der Waals surface area (Å²) in [5.41, 5.74) is 0.129. The molecule has 1 aliphatic rings. The van der Waals surface area contributed by atoms with Crippen LogP contribution in [-0.4, -0.2) is 35.5 Å². The van der Waals surface area contributed by atoms with Crippen molar-refractivity contribution in [3.63, 3.8) is 0 Å². The van der Waals surface area contributed by atoms with E-state index in [4.69, 9.17) is 9.15 Å². The summed E-state index contributed by atoms with van der Waals surface area (Å²) >= 11 is 0. The number of hydrogen-bond donors (Lipinski definition) is 1. The molecule has 1 fully saturated rings. The summed E-state index contributed by atoms with van der Waals surface area (Å²) in [6, 6.07) is 0. The van der Waals surface area contributed by atoms with Crippen molar-refractivity contribution in [2.45, 2.75) is 51.5 Å². The summed E-state index contributed by atoms with van der Waals surface area (Å²) in [6.07, 6.45) is 2.76. The molecule has 0 atom stereocenters. The molecule has 1 aliphatic heterocycles. The first-order valence-corrected chi connectivity index (χ1v) is 6.70. The molecule has 0 unspecified atom stereocenters. The minimum atomic E-state index is 0.129. The maximum absolute atomic E-state index is 5.72. The highest BCUT2D eigenvalue weighted by Crippen LogP contribution is 2.25. The lowest BCUT2D eigenvalue weighted by Gasteiger charge is -2.19. The number of nitrogens with zero attached hydrogens (tertiary/aromatic N) is 2. The normalized spacial score (nSPS) is 18.2. The lowest BCUT2D eigenvalue weighted by atomic mass is 10.0. The Kier molecular flexibility index (Phi) is 4.35. The van der Waals surface area contributed by atoms with Crippen LogP contribution in [0.2, 0.25) is 0 Å². The van der Waals surface area contributed by atoms with Crippen LogP contribution in [0.3, 0.4) is 0 Å². The van der Waals surface area contributed by atoms with Gasteiger partial charge >= 0.3 is 0 Å². The average molecular weight is 253 g/mol. The van der Waals surface area contributed by atoms with Gasteiger partial charge in [0.05, 0.1) is 0 Å². The highest BCUT2D eigenvalue weighted by Gasteiger charge is 2.21. The molecule has 0 aromatic carbocycles. The fourth-order valence-electron chi connectivity index (χ4n) is 2.02. The summed E-state index contributed by atoms with van der Waals surface area (Å²) in [5.74, 6) is 1.90. The number of rotatable bonds is 4. The van der Waals surface area contributed by atoms with Gasteiger partial charge < -0.3 is 14.5 Å².